The highest BCUT2D eigenvalue weighted by atomic mass is 32.1. The monoisotopic (exact) mass is 253 g/mol. The molecule has 1 unspecified atom stereocenters. The first-order valence-electron chi connectivity index (χ1n) is 6.67. The summed E-state index contributed by atoms with van der Waals surface area (Å²) < 4.78 is 3.01. The van der Waals surface area contributed by atoms with Gasteiger partial charge in [-0.15, -0.1) is 0 Å². The third-order valence-corrected chi connectivity index (χ3v) is 4.04. The first-order valence-corrected chi connectivity index (χ1v) is 7.08. The van der Waals surface area contributed by atoms with Gasteiger partial charge in [-0.05, 0) is 51.9 Å². The number of piperidine rings is 1. The van der Waals surface area contributed by atoms with E-state index in [0.717, 1.165) is 23.1 Å². The first kappa shape index (κ1) is 12.8. The lowest BCUT2D eigenvalue weighted by Gasteiger charge is -2.33. The fraction of sp³-hybridized carbons (Fsp3) is 0.769. The van der Waals surface area contributed by atoms with Gasteiger partial charge in [0.15, 0.2) is 4.77 Å². The zero-order chi connectivity index (χ0) is 12.3. The van der Waals surface area contributed by atoms with Crippen molar-refractivity contribution in [1.29, 1.82) is 0 Å². The molecule has 0 aliphatic carbocycles. The van der Waals surface area contributed by atoms with E-state index in [9.17, 15) is 0 Å². The van der Waals surface area contributed by atoms with Gasteiger partial charge in [-0.25, -0.2) is 0 Å². The molecule has 1 aromatic rings. The van der Waals surface area contributed by atoms with Gasteiger partial charge in [-0.2, -0.15) is 0 Å². The molecule has 1 aliphatic heterocycles. The van der Waals surface area contributed by atoms with E-state index in [2.05, 4.69) is 34.5 Å². The number of nitrogens with zero attached hydrogens (tertiary/aromatic N) is 2. The van der Waals surface area contributed by atoms with Gasteiger partial charge in [0.2, 0.25) is 0 Å². The fourth-order valence-electron chi connectivity index (χ4n) is 2.67. The van der Waals surface area contributed by atoms with Crippen LogP contribution in [0.3, 0.4) is 0 Å². The summed E-state index contributed by atoms with van der Waals surface area (Å²) in [5.74, 6) is 0. The predicted molar refractivity (Wildman–Crippen MR) is 73.9 cm³/mol. The van der Waals surface area contributed by atoms with Crippen molar-refractivity contribution in [3.8, 4) is 0 Å². The van der Waals surface area contributed by atoms with Crippen LogP contribution in [0.15, 0.2) is 6.20 Å². The zero-order valence-corrected chi connectivity index (χ0v) is 11.7. The Kier molecular flexibility index (Phi) is 4.40. The number of rotatable bonds is 4. The molecule has 1 fully saturated rings. The van der Waals surface area contributed by atoms with Crippen LogP contribution < -0.4 is 0 Å². The highest BCUT2D eigenvalue weighted by Gasteiger charge is 2.17. The summed E-state index contributed by atoms with van der Waals surface area (Å²) in [5, 5.41) is 0. The van der Waals surface area contributed by atoms with Crippen molar-refractivity contribution in [3.63, 3.8) is 0 Å². The van der Waals surface area contributed by atoms with Crippen LogP contribution in [0.2, 0.25) is 0 Å². The summed E-state index contributed by atoms with van der Waals surface area (Å²) >= 11 is 5.26. The Hall–Kier alpha value is -0.610. The summed E-state index contributed by atoms with van der Waals surface area (Å²) in [6, 6.07) is 0.768. The van der Waals surface area contributed by atoms with E-state index in [4.69, 9.17) is 12.2 Å². The number of aromatic amines is 1. The molecule has 3 nitrogen and oxygen atoms in total. The molecule has 1 saturated heterocycles. The number of nitrogens with one attached hydrogen (secondary N) is 1. The van der Waals surface area contributed by atoms with E-state index in [1.807, 2.05) is 0 Å². The highest BCUT2D eigenvalue weighted by Crippen LogP contribution is 2.16. The molecule has 1 atom stereocenters. The standard InChI is InChI=1S/C13H23N3S/c1-11-10-16(13(17)14-11)9-5-8-15-7-4-3-6-12(15)2/h10,12H,3-9H2,1-2H3,(H,14,17). The van der Waals surface area contributed by atoms with Crippen molar-refractivity contribution in [2.24, 2.45) is 0 Å². The topological polar surface area (TPSA) is 24.0 Å². The van der Waals surface area contributed by atoms with Crippen molar-refractivity contribution >= 4 is 12.2 Å². The number of hydrogen-bond acceptors (Lipinski definition) is 2. The molecule has 2 heterocycles. The van der Waals surface area contributed by atoms with Gasteiger partial charge in [-0.1, -0.05) is 6.42 Å². The lowest BCUT2D eigenvalue weighted by molar-refractivity contribution is 0.157. The number of aryl methyl sites for hydroxylation is 2. The van der Waals surface area contributed by atoms with Gasteiger partial charge in [0.25, 0.3) is 0 Å². The normalized spacial score (nSPS) is 21.9. The van der Waals surface area contributed by atoms with Gasteiger partial charge < -0.3 is 14.5 Å². The Morgan fingerprint density at radius 3 is 2.88 bits per heavy atom. The number of hydrogen-bond donors (Lipinski definition) is 1. The van der Waals surface area contributed by atoms with Crippen molar-refractivity contribution < 1.29 is 0 Å². The highest BCUT2D eigenvalue weighted by molar-refractivity contribution is 7.71. The Morgan fingerprint density at radius 1 is 1.41 bits per heavy atom. The Balaban J connectivity index is 1.79. The first-order chi connectivity index (χ1) is 8.16. The average molecular weight is 253 g/mol. The SMILES string of the molecule is Cc1cn(CCCN2CCCCC2C)c(=S)[nH]1. The number of H-pyrrole nitrogens is 1. The molecular weight excluding hydrogens is 230 g/mol. The number of aromatic nitrogens is 2. The van der Waals surface area contributed by atoms with Crippen LogP contribution in [0.25, 0.3) is 0 Å². The van der Waals surface area contributed by atoms with E-state index in [0.29, 0.717) is 0 Å². The maximum absolute atomic E-state index is 5.26. The molecule has 0 aromatic carbocycles. The lowest BCUT2D eigenvalue weighted by Crippen LogP contribution is -2.38. The number of likely N-dealkylation sites (tertiary alicyclic amines) is 1. The summed E-state index contributed by atoms with van der Waals surface area (Å²) in [6.45, 7) is 7.92. The molecule has 1 aliphatic rings. The molecule has 0 bridgehead atoms. The van der Waals surface area contributed by atoms with Crippen molar-refractivity contribution in [1.82, 2.24) is 14.5 Å². The number of imidazole rings is 1. The smallest absolute Gasteiger partial charge is 0.177 e. The van der Waals surface area contributed by atoms with Gasteiger partial charge in [0.1, 0.15) is 0 Å². The molecule has 1 aromatic heterocycles. The van der Waals surface area contributed by atoms with E-state index >= 15 is 0 Å². The second-order valence-corrected chi connectivity index (χ2v) is 5.56. The van der Waals surface area contributed by atoms with E-state index < -0.39 is 0 Å². The average Bonchev–Trinajstić information content (AvgIpc) is 2.60. The van der Waals surface area contributed by atoms with E-state index in [-0.39, 0.29) is 0 Å². The molecule has 0 radical (unpaired) electrons. The van der Waals surface area contributed by atoms with Crippen molar-refractivity contribution in [3.05, 3.63) is 16.7 Å². The predicted octanol–water partition coefficient (Wildman–Crippen LogP) is 3.12. The summed E-state index contributed by atoms with van der Waals surface area (Å²) in [4.78, 5) is 5.79. The molecule has 0 saturated carbocycles. The summed E-state index contributed by atoms with van der Waals surface area (Å²) in [6.07, 6.45) is 7.44. The van der Waals surface area contributed by atoms with E-state index in [1.54, 1.807) is 0 Å². The Bertz CT molecular complexity index is 407. The molecule has 1 N–H and O–H groups in total. The maximum Gasteiger partial charge on any atom is 0.177 e. The Morgan fingerprint density at radius 2 is 2.24 bits per heavy atom. The molecule has 0 amide bonds. The summed E-state index contributed by atoms with van der Waals surface area (Å²) in [7, 11) is 0. The minimum absolute atomic E-state index is 0.768. The molecule has 0 spiro atoms. The third kappa shape index (κ3) is 3.42. The summed E-state index contributed by atoms with van der Waals surface area (Å²) in [5.41, 5.74) is 1.15. The van der Waals surface area contributed by atoms with Gasteiger partial charge >= 0.3 is 0 Å². The van der Waals surface area contributed by atoms with Crippen LogP contribution in [0.4, 0.5) is 0 Å². The third-order valence-electron chi connectivity index (χ3n) is 3.70. The van der Waals surface area contributed by atoms with Crippen LogP contribution >= 0.6 is 12.2 Å². The quantitative estimate of drug-likeness (QED) is 0.834. The largest absolute Gasteiger partial charge is 0.335 e. The fourth-order valence-corrected chi connectivity index (χ4v) is 2.97. The van der Waals surface area contributed by atoms with Crippen LogP contribution in [-0.2, 0) is 6.54 Å². The van der Waals surface area contributed by atoms with Gasteiger partial charge in [-0.3, -0.25) is 0 Å². The minimum Gasteiger partial charge on any atom is -0.335 e. The van der Waals surface area contributed by atoms with Gasteiger partial charge in [0.05, 0.1) is 0 Å². The second kappa shape index (κ2) is 5.83. The minimum atomic E-state index is 0.768. The lowest BCUT2D eigenvalue weighted by atomic mass is 10.0. The van der Waals surface area contributed by atoms with Crippen LogP contribution in [0, 0.1) is 11.7 Å². The Labute approximate surface area is 109 Å². The van der Waals surface area contributed by atoms with Crippen LogP contribution in [0.5, 0.6) is 0 Å². The zero-order valence-electron chi connectivity index (χ0n) is 10.9. The van der Waals surface area contributed by atoms with E-state index in [1.165, 1.54) is 38.8 Å². The molecule has 17 heavy (non-hydrogen) atoms. The second-order valence-electron chi connectivity index (χ2n) is 5.17. The van der Waals surface area contributed by atoms with Crippen LogP contribution in [-0.4, -0.2) is 33.6 Å². The molecular formula is C13H23N3S. The molecule has 96 valence electrons. The van der Waals surface area contributed by atoms with Crippen LogP contribution in [0.1, 0.15) is 38.3 Å². The molecule has 4 heteroatoms. The molecule has 2 rings (SSSR count). The van der Waals surface area contributed by atoms with Crippen molar-refractivity contribution in [2.75, 3.05) is 13.1 Å². The van der Waals surface area contributed by atoms with Gasteiger partial charge in [0, 0.05) is 31.0 Å². The van der Waals surface area contributed by atoms with Crippen molar-refractivity contribution in [2.45, 2.75) is 52.1 Å². The maximum atomic E-state index is 5.26.